The third-order valence-corrected chi connectivity index (χ3v) is 3.04. The summed E-state index contributed by atoms with van der Waals surface area (Å²) < 4.78 is 5.27. The Morgan fingerprint density at radius 2 is 2.05 bits per heavy atom. The Labute approximate surface area is 120 Å². The first-order valence-electron chi connectivity index (χ1n) is 5.41. The molecule has 0 radical (unpaired) electrons. The minimum Gasteiger partial charge on any atom is -0.460 e. The average molecular weight is 297 g/mol. The molecule has 2 aromatic rings. The molecule has 1 aromatic carbocycles. The number of amides is 1. The second-order valence-corrected chi connectivity index (χ2v) is 4.59. The maximum absolute atomic E-state index is 11.7. The Morgan fingerprint density at radius 1 is 1.26 bits per heavy atom. The zero-order valence-corrected chi connectivity index (χ0v) is 11.5. The predicted molar refractivity (Wildman–Crippen MR) is 75.0 cm³/mol. The molecule has 0 atom stereocenters. The summed E-state index contributed by atoms with van der Waals surface area (Å²) >= 11 is 11.6. The third-order valence-electron chi connectivity index (χ3n) is 2.30. The summed E-state index contributed by atoms with van der Waals surface area (Å²) in [4.78, 5) is 11.7. The van der Waals surface area contributed by atoms with Crippen LogP contribution in [0.15, 0.2) is 39.9 Å². The molecule has 2 rings (SSSR count). The molecule has 1 N–H and O–H groups in total. The number of hydrogen-bond donors (Lipinski definition) is 1. The summed E-state index contributed by atoms with van der Waals surface area (Å²) in [6, 6.07) is 8.16. The first-order valence-corrected chi connectivity index (χ1v) is 6.17. The molecule has 0 spiro atoms. The molecule has 0 aliphatic carbocycles. The van der Waals surface area contributed by atoms with Gasteiger partial charge in [-0.1, -0.05) is 23.2 Å². The van der Waals surface area contributed by atoms with Gasteiger partial charge in [-0.25, -0.2) is 5.43 Å². The molecule has 0 aliphatic rings. The van der Waals surface area contributed by atoms with Gasteiger partial charge < -0.3 is 4.42 Å². The van der Waals surface area contributed by atoms with Gasteiger partial charge in [0.15, 0.2) is 0 Å². The first kappa shape index (κ1) is 13.6. The van der Waals surface area contributed by atoms with Crippen LogP contribution in [0.5, 0.6) is 0 Å². The van der Waals surface area contributed by atoms with Gasteiger partial charge in [-0.15, -0.1) is 0 Å². The van der Waals surface area contributed by atoms with E-state index in [1.165, 1.54) is 12.3 Å². The molecular weight excluding hydrogens is 287 g/mol. The zero-order valence-electron chi connectivity index (χ0n) is 9.98. The van der Waals surface area contributed by atoms with Crippen molar-refractivity contribution in [2.75, 3.05) is 0 Å². The van der Waals surface area contributed by atoms with Gasteiger partial charge in [0.1, 0.15) is 11.5 Å². The number of benzene rings is 1. The summed E-state index contributed by atoms with van der Waals surface area (Å²) in [5.41, 5.74) is 2.75. The second-order valence-electron chi connectivity index (χ2n) is 3.78. The molecule has 0 aliphatic heterocycles. The van der Waals surface area contributed by atoms with Gasteiger partial charge in [0, 0.05) is 5.56 Å². The normalized spacial score (nSPS) is 10.9. The Morgan fingerprint density at radius 3 is 2.68 bits per heavy atom. The van der Waals surface area contributed by atoms with Crippen molar-refractivity contribution in [1.82, 2.24) is 5.43 Å². The lowest BCUT2D eigenvalue weighted by Crippen LogP contribution is -2.17. The number of furan rings is 1. The van der Waals surface area contributed by atoms with Gasteiger partial charge in [0.25, 0.3) is 5.91 Å². The lowest BCUT2D eigenvalue weighted by Gasteiger charge is -2.01. The van der Waals surface area contributed by atoms with Gasteiger partial charge in [0.2, 0.25) is 0 Å². The number of halogens is 2. The summed E-state index contributed by atoms with van der Waals surface area (Å²) in [5, 5.41) is 4.50. The standard InChI is InChI=1S/C13H10Cl2N2O2/c1-8-2-4-10(19-8)7-16-17-13(18)9-3-5-11(14)12(15)6-9/h2-7H,1H3,(H,17,18)/b16-7-. The monoisotopic (exact) mass is 296 g/mol. The van der Waals surface area contributed by atoms with E-state index < -0.39 is 0 Å². The maximum Gasteiger partial charge on any atom is 0.271 e. The van der Waals surface area contributed by atoms with Gasteiger partial charge in [-0.05, 0) is 37.3 Å². The Bertz CT molecular complexity index is 635. The Kier molecular flexibility index (Phi) is 4.24. The number of hydrogen-bond acceptors (Lipinski definition) is 3. The number of carbonyl (C=O) groups excluding carboxylic acids is 1. The highest BCUT2D eigenvalue weighted by atomic mass is 35.5. The maximum atomic E-state index is 11.7. The molecule has 19 heavy (non-hydrogen) atoms. The van der Waals surface area contributed by atoms with Crippen molar-refractivity contribution in [3.63, 3.8) is 0 Å². The summed E-state index contributed by atoms with van der Waals surface area (Å²) in [6.07, 6.45) is 1.42. The quantitative estimate of drug-likeness (QED) is 0.694. The first-order chi connectivity index (χ1) is 9.06. The molecule has 0 unspecified atom stereocenters. The van der Waals surface area contributed by atoms with Crippen molar-refractivity contribution < 1.29 is 9.21 Å². The van der Waals surface area contributed by atoms with Gasteiger partial charge in [-0.2, -0.15) is 5.10 Å². The highest BCUT2D eigenvalue weighted by Gasteiger charge is 2.06. The fraction of sp³-hybridized carbons (Fsp3) is 0.0769. The van der Waals surface area contributed by atoms with Crippen LogP contribution in [0.4, 0.5) is 0 Å². The van der Waals surface area contributed by atoms with Crippen LogP contribution in [0.3, 0.4) is 0 Å². The van der Waals surface area contributed by atoms with E-state index in [0.717, 1.165) is 5.76 Å². The number of nitrogens with one attached hydrogen (secondary N) is 1. The SMILES string of the molecule is Cc1ccc(/C=N\NC(=O)c2ccc(Cl)c(Cl)c2)o1. The minimum atomic E-state index is -0.377. The highest BCUT2D eigenvalue weighted by Crippen LogP contribution is 2.22. The van der Waals surface area contributed by atoms with Crippen LogP contribution >= 0.6 is 23.2 Å². The number of rotatable bonds is 3. The molecule has 98 valence electrons. The van der Waals surface area contributed by atoms with E-state index in [-0.39, 0.29) is 5.91 Å². The Hall–Kier alpha value is -1.78. The molecule has 1 aromatic heterocycles. The summed E-state index contributed by atoms with van der Waals surface area (Å²) in [7, 11) is 0. The van der Waals surface area contributed by atoms with Crippen molar-refractivity contribution in [3.05, 3.63) is 57.5 Å². The van der Waals surface area contributed by atoms with Crippen molar-refractivity contribution in [2.45, 2.75) is 6.92 Å². The van der Waals surface area contributed by atoms with E-state index in [4.69, 9.17) is 27.6 Å². The van der Waals surface area contributed by atoms with E-state index >= 15 is 0 Å². The number of hydrazone groups is 1. The fourth-order valence-corrected chi connectivity index (χ4v) is 1.68. The smallest absolute Gasteiger partial charge is 0.271 e. The third kappa shape index (κ3) is 3.59. The lowest BCUT2D eigenvalue weighted by atomic mass is 10.2. The molecule has 4 nitrogen and oxygen atoms in total. The van der Waals surface area contributed by atoms with E-state index in [2.05, 4.69) is 10.5 Å². The van der Waals surface area contributed by atoms with Crippen LogP contribution in [0.2, 0.25) is 10.0 Å². The van der Waals surface area contributed by atoms with Crippen LogP contribution in [0, 0.1) is 6.92 Å². The van der Waals surface area contributed by atoms with Crippen LogP contribution in [-0.2, 0) is 0 Å². The summed E-state index contributed by atoms with van der Waals surface area (Å²) in [5.74, 6) is 0.960. The van der Waals surface area contributed by atoms with Gasteiger partial charge in [0.05, 0.1) is 16.3 Å². The summed E-state index contributed by atoms with van der Waals surface area (Å²) in [6.45, 7) is 1.83. The van der Waals surface area contributed by atoms with Crippen LogP contribution < -0.4 is 5.43 Å². The largest absolute Gasteiger partial charge is 0.460 e. The van der Waals surface area contributed by atoms with Crippen molar-refractivity contribution in [1.29, 1.82) is 0 Å². The number of carbonyl (C=O) groups is 1. The van der Waals surface area contributed by atoms with Crippen LogP contribution in [0.25, 0.3) is 0 Å². The van der Waals surface area contributed by atoms with E-state index in [0.29, 0.717) is 21.4 Å². The molecule has 0 saturated carbocycles. The van der Waals surface area contributed by atoms with Crippen LogP contribution in [0.1, 0.15) is 21.9 Å². The molecule has 0 saturated heterocycles. The molecule has 6 heteroatoms. The van der Waals surface area contributed by atoms with Crippen molar-refractivity contribution in [2.24, 2.45) is 5.10 Å². The van der Waals surface area contributed by atoms with Crippen LogP contribution in [-0.4, -0.2) is 12.1 Å². The average Bonchev–Trinajstić information content (AvgIpc) is 2.78. The van der Waals surface area contributed by atoms with Gasteiger partial charge in [-0.3, -0.25) is 4.79 Å². The van der Waals surface area contributed by atoms with E-state index in [9.17, 15) is 4.79 Å². The zero-order chi connectivity index (χ0) is 13.8. The Balaban J connectivity index is 2.01. The number of nitrogens with zero attached hydrogens (tertiary/aromatic N) is 1. The molecule has 0 bridgehead atoms. The predicted octanol–water partition coefficient (Wildman–Crippen LogP) is 3.66. The van der Waals surface area contributed by atoms with Crippen molar-refractivity contribution >= 4 is 35.3 Å². The molecular formula is C13H10Cl2N2O2. The topological polar surface area (TPSA) is 54.6 Å². The minimum absolute atomic E-state index is 0.319. The molecule has 1 amide bonds. The number of aryl methyl sites for hydroxylation is 1. The van der Waals surface area contributed by atoms with Crippen molar-refractivity contribution in [3.8, 4) is 0 Å². The van der Waals surface area contributed by atoms with E-state index in [1.807, 2.05) is 13.0 Å². The second kappa shape index (κ2) is 5.91. The molecule has 0 fully saturated rings. The lowest BCUT2D eigenvalue weighted by molar-refractivity contribution is 0.0955. The van der Waals surface area contributed by atoms with E-state index in [1.54, 1.807) is 18.2 Å². The highest BCUT2D eigenvalue weighted by molar-refractivity contribution is 6.42. The van der Waals surface area contributed by atoms with Gasteiger partial charge >= 0.3 is 0 Å². The fourth-order valence-electron chi connectivity index (χ4n) is 1.38. The molecule has 1 heterocycles.